The van der Waals surface area contributed by atoms with Crippen molar-refractivity contribution in [2.45, 2.75) is 105 Å². The monoisotopic (exact) mass is 394 g/mol. The van der Waals surface area contributed by atoms with Gasteiger partial charge in [-0.15, -0.1) is 0 Å². The fourth-order valence-electron chi connectivity index (χ4n) is 6.60. The molecule has 0 spiro atoms. The first-order valence-corrected chi connectivity index (χ1v) is 12.5. The van der Waals surface area contributed by atoms with E-state index in [2.05, 4.69) is 53.0 Å². The minimum absolute atomic E-state index is 0.560. The minimum atomic E-state index is 0.560. The lowest BCUT2D eigenvalue weighted by Crippen LogP contribution is -2.33. The molecule has 3 rings (SSSR count). The zero-order valence-electron chi connectivity index (χ0n) is 19.9. The van der Waals surface area contributed by atoms with Crippen LogP contribution >= 0.6 is 0 Å². The summed E-state index contributed by atoms with van der Waals surface area (Å²) >= 11 is 0. The molecule has 29 heavy (non-hydrogen) atoms. The molecule has 0 bridgehead atoms. The number of rotatable bonds is 7. The van der Waals surface area contributed by atoms with Crippen LogP contribution in [0.3, 0.4) is 0 Å². The highest BCUT2D eigenvalue weighted by Gasteiger charge is 2.48. The molecule has 0 aromatic rings. The van der Waals surface area contributed by atoms with Crippen molar-refractivity contribution < 1.29 is 0 Å². The van der Waals surface area contributed by atoms with E-state index < -0.39 is 0 Å². The van der Waals surface area contributed by atoms with Crippen LogP contribution in [0.15, 0.2) is 47.6 Å². The maximum Gasteiger partial charge on any atom is -0.0143 e. The van der Waals surface area contributed by atoms with E-state index in [9.17, 15) is 0 Å². The van der Waals surface area contributed by atoms with Gasteiger partial charge in [0, 0.05) is 0 Å². The third kappa shape index (κ3) is 5.36. The minimum Gasteiger partial charge on any atom is -0.0998 e. The number of fused-ring (bicyclic) bond motifs is 1. The maximum atomic E-state index is 4.37. The quantitative estimate of drug-likeness (QED) is 0.298. The standard InChI is InChI=1S/C29H46/c1-21(2)10-7-8-12-27-17-18-28-24(11-9-19-29(27,28)6)15-16-26-20-25(22(3)4)14-13-23(26)5/h15-16,21,25,27-28H,3,5,7-14,17-20H2,1-2,4,6H3/b24-15+,26-16+. The van der Waals surface area contributed by atoms with Crippen molar-refractivity contribution in [1.29, 1.82) is 0 Å². The molecule has 0 aliphatic heterocycles. The summed E-state index contributed by atoms with van der Waals surface area (Å²) in [5, 5.41) is 0. The Bertz CT molecular complexity index is 658. The van der Waals surface area contributed by atoms with E-state index in [1.165, 1.54) is 80.9 Å². The van der Waals surface area contributed by atoms with Crippen molar-refractivity contribution in [2.24, 2.45) is 29.1 Å². The van der Waals surface area contributed by atoms with Crippen LogP contribution < -0.4 is 0 Å². The van der Waals surface area contributed by atoms with Gasteiger partial charge in [0.05, 0.1) is 0 Å². The first-order valence-electron chi connectivity index (χ1n) is 12.5. The van der Waals surface area contributed by atoms with Gasteiger partial charge >= 0.3 is 0 Å². The number of unbranched alkanes of at least 4 members (excludes halogenated alkanes) is 1. The van der Waals surface area contributed by atoms with E-state index in [-0.39, 0.29) is 0 Å². The van der Waals surface area contributed by atoms with Crippen molar-refractivity contribution in [1.82, 2.24) is 0 Å². The van der Waals surface area contributed by atoms with Gasteiger partial charge in [-0.25, -0.2) is 0 Å². The number of allylic oxidation sites excluding steroid dienone is 6. The summed E-state index contributed by atoms with van der Waals surface area (Å²) < 4.78 is 0. The Labute approximate surface area is 181 Å². The van der Waals surface area contributed by atoms with Crippen molar-refractivity contribution in [3.63, 3.8) is 0 Å². The van der Waals surface area contributed by atoms with Crippen LogP contribution in [-0.2, 0) is 0 Å². The Hall–Kier alpha value is -1.04. The lowest BCUT2D eigenvalue weighted by Gasteiger charge is -2.42. The summed E-state index contributed by atoms with van der Waals surface area (Å²) in [6.45, 7) is 18.1. The fourth-order valence-corrected chi connectivity index (χ4v) is 6.60. The Balaban J connectivity index is 1.67. The molecule has 0 N–H and O–H groups in total. The third-order valence-corrected chi connectivity index (χ3v) is 8.66. The molecule has 0 heteroatoms. The fraction of sp³-hybridized carbons (Fsp3) is 0.724. The van der Waals surface area contributed by atoms with Gasteiger partial charge in [0.1, 0.15) is 0 Å². The highest BCUT2D eigenvalue weighted by molar-refractivity contribution is 5.37. The molecule has 4 atom stereocenters. The Morgan fingerprint density at radius 2 is 1.93 bits per heavy atom. The second kappa shape index (κ2) is 9.84. The van der Waals surface area contributed by atoms with Gasteiger partial charge in [-0.3, -0.25) is 0 Å². The van der Waals surface area contributed by atoms with Gasteiger partial charge in [0.15, 0.2) is 0 Å². The van der Waals surface area contributed by atoms with E-state index in [4.69, 9.17) is 0 Å². The SMILES string of the molecule is C=C1CCC(C(=C)C)C/C1=C\C=C1/CCCC2(C)C(CCCCC(C)C)CCC12. The predicted octanol–water partition coefficient (Wildman–Crippen LogP) is 9.20. The highest BCUT2D eigenvalue weighted by atomic mass is 14.5. The van der Waals surface area contributed by atoms with E-state index in [1.54, 1.807) is 5.57 Å². The van der Waals surface area contributed by atoms with Crippen LogP contribution in [-0.4, -0.2) is 0 Å². The summed E-state index contributed by atoms with van der Waals surface area (Å²) in [5.41, 5.74) is 6.52. The molecule has 3 fully saturated rings. The summed E-state index contributed by atoms with van der Waals surface area (Å²) in [7, 11) is 0. The molecule has 162 valence electrons. The molecular formula is C29H46. The first-order chi connectivity index (χ1) is 13.8. The van der Waals surface area contributed by atoms with Gasteiger partial charge < -0.3 is 0 Å². The number of hydrogen-bond donors (Lipinski definition) is 0. The molecule has 3 aliphatic carbocycles. The molecule has 0 saturated heterocycles. The van der Waals surface area contributed by atoms with Crippen LogP contribution in [0.5, 0.6) is 0 Å². The summed E-state index contributed by atoms with van der Waals surface area (Å²) in [6, 6.07) is 0. The molecular weight excluding hydrogens is 348 g/mol. The topological polar surface area (TPSA) is 0 Å². The highest BCUT2D eigenvalue weighted by Crippen LogP contribution is 2.58. The summed E-state index contributed by atoms with van der Waals surface area (Å²) in [4.78, 5) is 0. The van der Waals surface area contributed by atoms with Crippen molar-refractivity contribution >= 4 is 0 Å². The van der Waals surface area contributed by atoms with Crippen molar-refractivity contribution in [3.8, 4) is 0 Å². The molecule has 0 nitrogen and oxygen atoms in total. The normalized spacial score (nSPS) is 35.5. The summed E-state index contributed by atoms with van der Waals surface area (Å²) in [6.07, 6.45) is 21.3. The third-order valence-electron chi connectivity index (χ3n) is 8.66. The van der Waals surface area contributed by atoms with Crippen LogP contribution in [0.1, 0.15) is 105 Å². The van der Waals surface area contributed by atoms with E-state index in [0.29, 0.717) is 11.3 Å². The molecule has 4 unspecified atom stereocenters. The van der Waals surface area contributed by atoms with E-state index in [0.717, 1.165) is 30.6 Å². The van der Waals surface area contributed by atoms with E-state index >= 15 is 0 Å². The van der Waals surface area contributed by atoms with Gasteiger partial charge in [-0.2, -0.15) is 0 Å². The van der Waals surface area contributed by atoms with Gasteiger partial charge in [0.25, 0.3) is 0 Å². The molecule has 0 heterocycles. The van der Waals surface area contributed by atoms with Crippen LogP contribution in [0, 0.1) is 29.1 Å². The van der Waals surface area contributed by atoms with Crippen molar-refractivity contribution in [3.05, 3.63) is 47.6 Å². The zero-order chi connectivity index (χ0) is 21.0. The van der Waals surface area contributed by atoms with Crippen LogP contribution in [0.4, 0.5) is 0 Å². The molecule has 0 aromatic carbocycles. The predicted molar refractivity (Wildman–Crippen MR) is 129 cm³/mol. The van der Waals surface area contributed by atoms with Crippen LogP contribution in [0.25, 0.3) is 0 Å². The molecule has 0 amide bonds. The first kappa shape index (κ1) is 22.6. The van der Waals surface area contributed by atoms with Gasteiger partial charge in [0.2, 0.25) is 0 Å². The lowest BCUT2D eigenvalue weighted by atomic mass is 9.62. The second-order valence-electron chi connectivity index (χ2n) is 11.2. The maximum absolute atomic E-state index is 4.37. The summed E-state index contributed by atoms with van der Waals surface area (Å²) in [5.74, 6) is 3.30. The van der Waals surface area contributed by atoms with Crippen LogP contribution in [0.2, 0.25) is 0 Å². The van der Waals surface area contributed by atoms with E-state index in [1.807, 2.05) is 0 Å². The molecule has 3 saturated carbocycles. The van der Waals surface area contributed by atoms with Crippen molar-refractivity contribution in [2.75, 3.05) is 0 Å². The average molecular weight is 395 g/mol. The molecule has 3 aliphatic rings. The Morgan fingerprint density at radius 3 is 2.66 bits per heavy atom. The number of hydrogen-bond acceptors (Lipinski definition) is 0. The Kier molecular flexibility index (Phi) is 7.69. The Morgan fingerprint density at radius 1 is 1.14 bits per heavy atom. The molecule has 0 aromatic heterocycles. The zero-order valence-corrected chi connectivity index (χ0v) is 19.9. The lowest BCUT2D eigenvalue weighted by molar-refractivity contribution is 0.127. The van der Waals surface area contributed by atoms with Gasteiger partial charge in [-0.05, 0) is 99.4 Å². The largest absolute Gasteiger partial charge is 0.0998 e. The second-order valence-corrected chi connectivity index (χ2v) is 11.2. The molecule has 0 radical (unpaired) electrons. The van der Waals surface area contributed by atoms with Gasteiger partial charge in [-0.1, -0.05) is 82.1 Å². The smallest absolute Gasteiger partial charge is 0.0143 e. The average Bonchev–Trinajstić information content (AvgIpc) is 3.01.